The van der Waals surface area contributed by atoms with Crippen molar-refractivity contribution in [1.29, 1.82) is 0 Å². The first kappa shape index (κ1) is 15.4. The van der Waals surface area contributed by atoms with Gasteiger partial charge in [0.1, 0.15) is 5.69 Å². The van der Waals surface area contributed by atoms with E-state index >= 15 is 0 Å². The molecule has 0 saturated heterocycles. The van der Waals surface area contributed by atoms with Crippen molar-refractivity contribution in [3.63, 3.8) is 0 Å². The molecule has 7 heteroatoms. The molecule has 1 aromatic heterocycles. The summed E-state index contributed by atoms with van der Waals surface area (Å²) in [5, 5.41) is 11.9. The van der Waals surface area contributed by atoms with Gasteiger partial charge in [0.05, 0.1) is 6.21 Å². The van der Waals surface area contributed by atoms with Crippen LogP contribution in [0.25, 0.3) is 0 Å². The lowest BCUT2D eigenvalue weighted by molar-refractivity contribution is 0.547. The molecule has 0 fully saturated rings. The number of H-pyrrole nitrogens is 1. The van der Waals surface area contributed by atoms with E-state index in [9.17, 15) is 4.79 Å². The Labute approximate surface area is 130 Å². The number of nitrogens with zero attached hydrogens (tertiary/aromatic N) is 3. The number of benzene rings is 1. The highest BCUT2D eigenvalue weighted by molar-refractivity contribution is 9.10. The molecule has 2 N–H and O–H groups in total. The van der Waals surface area contributed by atoms with Crippen molar-refractivity contribution in [1.82, 2.24) is 15.2 Å². The third-order valence-corrected chi connectivity index (χ3v) is 3.13. The second-order valence-corrected chi connectivity index (χ2v) is 6.44. The van der Waals surface area contributed by atoms with Crippen LogP contribution in [0.2, 0.25) is 0 Å². The van der Waals surface area contributed by atoms with Crippen LogP contribution in [0.15, 0.2) is 38.6 Å². The van der Waals surface area contributed by atoms with E-state index in [1.165, 1.54) is 0 Å². The number of aromatic amines is 1. The fraction of sp³-hybridized carbons (Fsp3) is 0.286. The van der Waals surface area contributed by atoms with E-state index < -0.39 is 0 Å². The second-order valence-electron chi connectivity index (χ2n) is 5.53. The molecule has 1 heterocycles. The van der Waals surface area contributed by atoms with Gasteiger partial charge in [-0.05, 0) is 17.7 Å². The number of aromatic nitrogens is 3. The van der Waals surface area contributed by atoms with Gasteiger partial charge in [-0.1, -0.05) is 48.8 Å². The van der Waals surface area contributed by atoms with Gasteiger partial charge in [-0.25, -0.2) is 5.43 Å². The Morgan fingerprint density at radius 1 is 1.33 bits per heavy atom. The van der Waals surface area contributed by atoms with Crippen molar-refractivity contribution >= 4 is 28.1 Å². The minimum atomic E-state index is -0.349. The maximum Gasteiger partial charge on any atom is 0.274 e. The van der Waals surface area contributed by atoms with Crippen LogP contribution in [0, 0.1) is 0 Å². The average Bonchev–Trinajstić information content (AvgIpc) is 2.37. The topological polar surface area (TPSA) is 83.0 Å². The molecule has 0 amide bonds. The van der Waals surface area contributed by atoms with Crippen LogP contribution in [0.5, 0.6) is 0 Å². The number of hydrogen-bond donors (Lipinski definition) is 2. The van der Waals surface area contributed by atoms with E-state index in [2.05, 4.69) is 41.6 Å². The summed E-state index contributed by atoms with van der Waals surface area (Å²) in [5.41, 5.74) is 3.35. The number of anilines is 1. The van der Waals surface area contributed by atoms with Gasteiger partial charge in [0.2, 0.25) is 5.95 Å². The molecule has 0 unspecified atom stereocenters. The Morgan fingerprint density at radius 2 is 2.10 bits per heavy atom. The lowest BCUT2D eigenvalue weighted by Crippen LogP contribution is -2.28. The van der Waals surface area contributed by atoms with Crippen molar-refractivity contribution in [3.8, 4) is 0 Å². The van der Waals surface area contributed by atoms with E-state index in [0.717, 1.165) is 10.0 Å². The van der Waals surface area contributed by atoms with Crippen LogP contribution in [-0.4, -0.2) is 21.4 Å². The lowest BCUT2D eigenvalue weighted by Gasteiger charge is -2.15. The van der Waals surface area contributed by atoms with Crippen molar-refractivity contribution < 1.29 is 0 Å². The maximum absolute atomic E-state index is 11.9. The van der Waals surface area contributed by atoms with Gasteiger partial charge in [0, 0.05) is 9.89 Å². The number of halogens is 1. The van der Waals surface area contributed by atoms with Gasteiger partial charge >= 0.3 is 0 Å². The van der Waals surface area contributed by atoms with Crippen LogP contribution >= 0.6 is 15.9 Å². The van der Waals surface area contributed by atoms with Crippen molar-refractivity contribution in [3.05, 3.63) is 50.3 Å². The van der Waals surface area contributed by atoms with Gasteiger partial charge in [0.25, 0.3) is 5.56 Å². The summed E-state index contributed by atoms with van der Waals surface area (Å²) in [4.78, 5) is 14.5. The van der Waals surface area contributed by atoms with Crippen LogP contribution < -0.4 is 11.0 Å². The van der Waals surface area contributed by atoms with E-state index in [0.29, 0.717) is 5.69 Å². The Balaban J connectivity index is 2.11. The smallest absolute Gasteiger partial charge is 0.274 e. The molecule has 21 heavy (non-hydrogen) atoms. The third kappa shape index (κ3) is 4.22. The highest BCUT2D eigenvalue weighted by atomic mass is 79.9. The number of hydrazone groups is 1. The average molecular weight is 350 g/mol. The zero-order chi connectivity index (χ0) is 15.5. The first-order valence-electron chi connectivity index (χ1n) is 6.38. The zero-order valence-electron chi connectivity index (χ0n) is 12.0. The van der Waals surface area contributed by atoms with Gasteiger partial charge in [-0.15, -0.1) is 10.2 Å². The minimum Gasteiger partial charge on any atom is -0.288 e. The van der Waals surface area contributed by atoms with Gasteiger partial charge in [-0.2, -0.15) is 5.10 Å². The number of hydrogen-bond acceptors (Lipinski definition) is 5. The van der Waals surface area contributed by atoms with Crippen LogP contribution in [-0.2, 0) is 5.41 Å². The molecule has 0 aliphatic rings. The molecule has 1 aromatic carbocycles. The molecule has 2 aromatic rings. The van der Waals surface area contributed by atoms with E-state index in [-0.39, 0.29) is 16.9 Å². The van der Waals surface area contributed by atoms with E-state index in [1.54, 1.807) is 6.21 Å². The summed E-state index contributed by atoms with van der Waals surface area (Å²) in [6.07, 6.45) is 1.63. The normalized spacial score (nSPS) is 11.8. The Bertz CT molecular complexity index is 718. The van der Waals surface area contributed by atoms with Crippen LogP contribution in [0.3, 0.4) is 0 Å². The second kappa shape index (κ2) is 6.17. The zero-order valence-corrected chi connectivity index (χ0v) is 13.6. The fourth-order valence-electron chi connectivity index (χ4n) is 1.63. The van der Waals surface area contributed by atoms with Crippen molar-refractivity contribution in [2.24, 2.45) is 5.10 Å². The number of nitrogens with one attached hydrogen (secondary N) is 2. The molecule has 0 saturated carbocycles. The molecule has 0 aliphatic carbocycles. The molecule has 0 spiro atoms. The third-order valence-electron chi connectivity index (χ3n) is 2.64. The SMILES string of the molecule is CC(C)(C)c1nnc(N/N=C/c2cccc(Br)c2)[nH]c1=O. The number of rotatable bonds is 3. The summed E-state index contributed by atoms with van der Waals surface area (Å²) >= 11 is 3.38. The molecule has 0 bridgehead atoms. The van der Waals surface area contributed by atoms with Crippen molar-refractivity contribution in [2.75, 3.05) is 5.43 Å². The van der Waals surface area contributed by atoms with Gasteiger partial charge < -0.3 is 0 Å². The molecule has 0 atom stereocenters. The highest BCUT2D eigenvalue weighted by Crippen LogP contribution is 2.15. The molecule has 6 nitrogen and oxygen atoms in total. The Morgan fingerprint density at radius 3 is 2.71 bits per heavy atom. The molecule has 110 valence electrons. The summed E-state index contributed by atoms with van der Waals surface area (Å²) in [5.74, 6) is 0.208. The highest BCUT2D eigenvalue weighted by Gasteiger charge is 2.20. The van der Waals surface area contributed by atoms with E-state index in [1.807, 2.05) is 45.0 Å². The first-order chi connectivity index (χ1) is 9.86. The predicted molar refractivity (Wildman–Crippen MR) is 86.7 cm³/mol. The molecular formula is C14H16BrN5O. The maximum atomic E-state index is 11.9. The monoisotopic (exact) mass is 349 g/mol. The Kier molecular flexibility index (Phi) is 4.52. The Hall–Kier alpha value is -2.02. The summed E-state index contributed by atoms with van der Waals surface area (Å²) in [7, 11) is 0. The predicted octanol–water partition coefficient (Wildman–Crippen LogP) is 2.67. The lowest BCUT2D eigenvalue weighted by atomic mass is 9.93. The quantitative estimate of drug-likeness (QED) is 0.659. The molecule has 0 radical (unpaired) electrons. The first-order valence-corrected chi connectivity index (χ1v) is 7.18. The van der Waals surface area contributed by atoms with Crippen LogP contribution in [0.4, 0.5) is 5.95 Å². The molecule has 0 aliphatic heterocycles. The van der Waals surface area contributed by atoms with Gasteiger partial charge in [0.15, 0.2) is 0 Å². The summed E-state index contributed by atoms with van der Waals surface area (Å²) in [6.45, 7) is 5.72. The summed E-state index contributed by atoms with van der Waals surface area (Å²) < 4.78 is 0.967. The van der Waals surface area contributed by atoms with Gasteiger partial charge in [-0.3, -0.25) is 9.78 Å². The summed E-state index contributed by atoms with van der Waals surface area (Å²) in [6, 6.07) is 7.67. The minimum absolute atomic E-state index is 0.208. The van der Waals surface area contributed by atoms with Crippen LogP contribution in [0.1, 0.15) is 32.0 Å². The molecule has 2 rings (SSSR count). The van der Waals surface area contributed by atoms with E-state index in [4.69, 9.17) is 0 Å². The largest absolute Gasteiger partial charge is 0.288 e. The fourth-order valence-corrected chi connectivity index (χ4v) is 2.05. The standard InChI is InChI=1S/C14H16BrN5O/c1-14(2,3)11-12(21)17-13(20-18-11)19-16-8-9-5-4-6-10(15)7-9/h4-8H,1-3H3,(H2,17,19,20,21)/b16-8+. The van der Waals surface area contributed by atoms with Crippen molar-refractivity contribution in [2.45, 2.75) is 26.2 Å². The molecular weight excluding hydrogens is 334 g/mol.